The number of likely N-dealkylation sites (tertiary alicyclic amines) is 1. The zero-order valence-corrected chi connectivity index (χ0v) is 17.0. The van der Waals surface area contributed by atoms with Crippen molar-refractivity contribution in [2.45, 2.75) is 38.1 Å². The minimum atomic E-state index is -0.257. The highest BCUT2D eigenvalue weighted by Gasteiger charge is 2.38. The van der Waals surface area contributed by atoms with Crippen molar-refractivity contribution >= 4 is 39.1 Å². The number of carbonyl (C=O) groups is 2. The second-order valence-corrected chi connectivity index (χ2v) is 8.97. The van der Waals surface area contributed by atoms with Crippen LogP contribution in [0.15, 0.2) is 48.5 Å². The predicted molar refractivity (Wildman–Crippen MR) is 116 cm³/mol. The molecule has 2 aromatic carbocycles. The topological polar surface area (TPSA) is 62.3 Å². The lowest BCUT2D eigenvalue weighted by Gasteiger charge is -2.23. The molecule has 1 aliphatic heterocycles. The summed E-state index contributed by atoms with van der Waals surface area (Å²) in [6.45, 7) is 0.555. The van der Waals surface area contributed by atoms with Crippen LogP contribution in [0.4, 0.5) is 5.69 Å². The number of carbonyl (C=O) groups excluding carboxylic acids is 2. The summed E-state index contributed by atoms with van der Waals surface area (Å²) in [5.41, 5.74) is 2.79. The van der Waals surface area contributed by atoms with Gasteiger partial charge in [-0.1, -0.05) is 25.0 Å². The molecule has 3 aromatic rings. The lowest BCUT2D eigenvalue weighted by Crippen LogP contribution is -2.35. The van der Waals surface area contributed by atoms with Gasteiger partial charge in [-0.25, -0.2) is 4.98 Å². The van der Waals surface area contributed by atoms with Crippen molar-refractivity contribution in [2.75, 3.05) is 11.9 Å². The van der Waals surface area contributed by atoms with E-state index in [2.05, 4.69) is 16.4 Å². The number of para-hydroxylation sites is 1. The van der Waals surface area contributed by atoms with E-state index < -0.39 is 0 Å². The Labute approximate surface area is 173 Å². The fraction of sp³-hybridized carbons (Fsp3) is 0.348. The van der Waals surface area contributed by atoms with Gasteiger partial charge in [0, 0.05) is 30.3 Å². The summed E-state index contributed by atoms with van der Waals surface area (Å²) >= 11 is 1.66. The second kappa shape index (κ2) is 7.59. The van der Waals surface area contributed by atoms with Crippen LogP contribution in [0.3, 0.4) is 0 Å². The van der Waals surface area contributed by atoms with Gasteiger partial charge >= 0.3 is 0 Å². The number of benzene rings is 2. The van der Waals surface area contributed by atoms with E-state index in [4.69, 9.17) is 0 Å². The Balaban J connectivity index is 1.25. The van der Waals surface area contributed by atoms with Crippen LogP contribution < -0.4 is 5.32 Å². The largest absolute Gasteiger partial charge is 0.339 e. The van der Waals surface area contributed by atoms with Crippen LogP contribution in [-0.4, -0.2) is 34.3 Å². The van der Waals surface area contributed by atoms with Gasteiger partial charge in [0.1, 0.15) is 5.01 Å². The molecule has 1 aromatic heterocycles. The summed E-state index contributed by atoms with van der Waals surface area (Å²) in [4.78, 5) is 31.7. The van der Waals surface area contributed by atoms with Crippen LogP contribution in [0, 0.1) is 5.92 Å². The first-order chi connectivity index (χ1) is 14.2. The van der Waals surface area contributed by atoms with Gasteiger partial charge in [-0.15, -0.1) is 11.3 Å². The van der Waals surface area contributed by atoms with Crippen LogP contribution in [0.25, 0.3) is 20.8 Å². The molecule has 5 rings (SSSR count). The summed E-state index contributed by atoms with van der Waals surface area (Å²) < 4.78 is 1.16. The van der Waals surface area contributed by atoms with Crippen molar-refractivity contribution in [3.63, 3.8) is 0 Å². The fourth-order valence-corrected chi connectivity index (χ4v) is 5.38. The summed E-state index contributed by atoms with van der Waals surface area (Å²) in [5.74, 6) is -0.193. The molecule has 5 nitrogen and oxygen atoms in total. The molecule has 0 spiro atoms. The molecule has 29 heavy (non-hydrogen) atoms. The molecule has 2 heterocycles. The number of fused-ring (bicyclic) bond motifs is 1. The molecular formula is C23H23N3O2S. The quantitative estimate of drug-likeness (QED) is 0.685. The van der Waals surface area contributed by atoms with Gasteiger partial charge in [0.05, 0.1) is 16.1 Å². The van der Waals surface area contributed by atoms with Gasteiger partial charge in [-0.3, -0.25) is 9.59 Å². The number of nitrogens with zero attached hydrogens (tertiary/aromatic N) is 2. The van der Waals surface area contributed by atoms with Crippen LogP contribution in [0.1, 0.15) is 32.1 Å². The first-order valence-electron chi connectivity index (χ1n) is 10.2. The van der Waals surface area contributed by atoms with Crippen LogP contribution in [-0.2, 0) is 9.59 Å². The first-order valence-corrected chi connectivity index (χ1v) is 11.1. The van der Waals surface area contributed by atoms with E-state index in [1.807, 2.05) is 47.4 Å². The SMILES string of the molecule is O=C(Nc1ccc(-c2nc3ccccc3s2)cc1)[C@H]1CC(=O)N(C2CCCC2)C1. The highest BCUT2D eigenvalue weighted by molar-refractivity contribution is 7.21. The predicted octanol–water partition coefficient (Wildman–Crippen LogP) is 4.69. The van der Waals surface area contributed by atoms with Gasteiger partial charge in [-0.05, 0) is 49.2 Å². The molecular weight excluding hydrogens is 382 g/mol. The monoisotopic (exact) mass is 405 g/mol. The Morgan fingerprint density at radius 1 is 1.07 bits per heavy atom. The Hall–Kier alpha value is -2.73. The molecule has 1 aliphatic carbocycles. The molecule has 2 amide bonds. The summed E-state index contributed by atoms with van der Waals surface area (Å²) in [6.07, 6.45) is 4.85. The molecule has 0 radical (unpaired) electrons. The summed E-state index contributed by atoms with van der Waals surface area (Å²) in [7, 11) is 0. The molecule has 1 saturated heterocycles. The van der Waals surface area contributed by atoms with Crippen molar-refractivity contribution in [3.05, 3.63) is 48.5 Å². The number of hydrogen-bond acceptors (Lipinski definition) is 4. The van der Waals surface area contributed by atoms with E-state index in [0.717, 1.165) is 39.3 Å². The van der Waals surface area contributed by atoms with Crippen molar-refractivity contribution in [1.82, 2.24) is 9.88 Å². The molecule has 1 saturated carbocycles. The van der Waals surface area contributed by atoms with E-state index in [1.165, 1.54) is 12.8 Å². The number of thiazole rings is 1. The molecule has 6 heteroatoms. The number of hydrogen-bond donors (Lipinski definition) is 1. The second-order valence-electron chi connectivity index (χ2n) is 7.94. The molecule has 2 aliphatic rings. The Morgan fingerprint density at radius 2 is 1.83 bits per heavy atom. The maximum Gasteiger partial charge on any atom is 0.229 e. The van der Waals surface area contributed by atoms with Crippen LogP contribution in [0.2, 0.25) is 0 Å². The van der Waals surface area contributed by atoms with E-state index in [-0.39, 0.29) is 17.7 Å². The molecule has 1 N–H and O–H groups in total. The van der Waals surface area contributed by atoms with Crippen molar-refractivity contribution in [1.29, 1.82) is 0 Å². The third-order valence-corrected chi connectivity index (χ3v) is 7.07. The lowest BCUT2D eigenvalue weighted by atomic mass is 10.1. The zero-order chi connectivity index (χ0) is 19.8. The zero-order valence-electron chi connectivity index (χ0n) is 16.1. The van der Waals surface area contributed by atoms with Crippen molar-refractivity contribution < 1.29 is 9.59 Å². The molecule has 0 bridgehead atoms. The number of amides is 2. The number of nitrogens with one attached hydrogen (secondary N) is 1. The average molecular weight is 406 g/mol. The maximum atomic E-state index is 12.7. The lowest BCUT2D eigenvalue weighted by molar-refractivity contribution is -0.129. The molecule has 1 atom stereocenters. The highest BCUT2D eigenvalue weighted by Crippen LogP contribution is 2.32. The number of rotatable bonds is 4. The van der Waals surface area contributed by atoms with Gasteiger partial charge in [0.15, 0.2) is 0 Å². The highest BCUT2D eigenvalue weighted by atomic mass is 32.1. The minimum Gasteiger partial charge on any atom is -0.339 e. The fourth-order valence-electron chi connectivity index (χ4n) is 4.41. The number of aromatic nitrogens is 1. The molecule has 2 fully saturated rings. The third-order valence-electron chi connectivity index (χ3n) is 5.99. The molecule has 148 valence electrons. The smallest absolute Gasteiger partial charge is 0.229 e. The Bertz CT molecular complexity index is 1020. The minimum absolute atomic E-state index is 0.0633. The summed E-state index contributed by atoms with van der Waals surface area (Å²) in [5, 5.41) is 3.96. The Kier molecular flexibility index (Phi) is 4.79. The first kappa shape index (κ1) is 18.3. The maximum absolute atomic E-state index is 12.7. The van der Waals surface area contributed by atoms with Gasteiger partial charge in [-0.2, -0.15) is 0 Å². The molecule has 0 unspecified atom stereocenters. The van der Waals surface area contributed by atoms with E-state index in [1.54, 1.807) is 11.3 Å². The standard InChI is InChI=1S/C23H23N3O2S/c27-21-13-16(14-26(21)18-5-1-2-6-18)22(28)24-17-11-9-15(10-12-17)23-25-19-7-3-4-8-20(19)29-23/h3-4,7-12,16,18H,1-2,5-6,13-14H2,(H,24,28)/t16-/m0/s1. The van der Waals surface area contributed by atoms with Crippen LogP contribution >= 0.6 is 11.3 Å². The van der Waals surface area contributed by atoms with Gasteiger partial charge in [0.2, 0.25) is 11.8 Å². The van der Waals surface area contributed by atoms with Crippen LogP contribution in [0.5, 0.6) is 0 Å². The van der Waals surface area contributed by atoms with Gasteiger partial charge in [0.25, 0.3) is 0 Å². The average Bonchev–Trinajstić information content (AvgIpc) is 3.47. The van der Waals surface area contributed by atoms with E-state index in [9.17, 15) is 9.59 Å². The third kappa shape index (κ3) is 3.65. The van der Waals surface area contributed by atoms with Crippen molar-refractivity contribution in [3.8, 4) is 10.6 Å². The van der Waals surface area contributed by atoms with Crippen molar-refractivity contribution in [2.24, 2.45) is 5.92 Å². The Morgan fingerprint density at radius 3 is 2.59 bits per heavy atom. The normalized spacial score (nSPS) is 19.9. The number of anilines is 1. The van der Waals surface area contributed by atoms with E-state index >= 15 is 0 Å². The summed E-state index contributed by atoms with van der Waals surface area (Å²) in [6, 6.07) is 16.2. The van der Waals surface area contributed by atoms with E-state index in [0.29, 0.717) is 19.0 Å². The van der Waals surface area contributed by atoms with Gasteiger partial charge < -0.3 is 10.2 Å².